The van der Waals surface area contributed by atoms with Gasteiger partial charge in [0.05, 0.1) is 5.92 Å². The molecule has 102 valence electrons. The van der Waals surface area contributed by atoms with Crippen molar-refractivity contribution in [2.24, 2.45) is 5.92 Å². The van der Waals surface area contributed by atoms with Gasteiger partial charge in [-0.25, -0.2) is 0 Å². The van der Waals surface area contributed by atoms with Crippen LogP contribution in [-0.4, -0.2) is 16.1 Å². The highest BCUT2D eigenvalue weighted by atomic mass is 19.4. The largest absolute Gasteiger partial charge is 0.481 e. The number of rotatable bonds is 3. The second-order valence-corrected chi connectivity index (χ2v) is 4.55. The molecule has 6 heteroatoms. The number of aromatic nitrogens is 1. The summed E-state index contributed by atoms with van der Waals surface area (Å²) in [5, 5.41) is 9.25. The van der Waals surface area contributed by atoms with Crippen LogP contribution in [0.25, 0.3) is 10.9 Å². The van der Waals surface area contributed by atoms with E-state index in [0.29, 0.717) is 16.5 Å². The summed E-state index contributed by atoms with van der Waals surface area (Å²) in [6, 6.07) is 5.79. The number of carboxylic acid groups (broad SMARTS) is 1. The first-order chi connectivity index (χ1) is 8.77. The van der Waals surface area contributed by atoms with Crippen molar-refractivity contribution in [1.82, 2.24) is 4.98 Å². The van der Waals surface area contributed by atoms with Crippen LogP contribution in [0, 0.1) is 5.92 Å². The molecule has 2 rings (SSSR count). The number of alkyl halides is 3. The highest BCUT2D eigenvalue weighted by Crippen LogP contribution is 2.31. The molecule has 3 nitrogen and oxygen atoms in total. The summed E-state index contributed by atoms with van der Waals surface area (Å²) in [6.07, 6.45) is -4.12. The van der Waals surface area contributed by atoms with Crippen molar-refractivity contribution in [3.8, 4) is 0 Å². The predicted octanol–water partition coefficient (Wildman–Crippen LogP) is 3.45. The summed E-state index contributed by atoms with van der Waals surface area (Å²) < 4.78 is 37.6. The Bertz CT molecular complexity index is 616. The number of carbonyl (C=O) groups is 1. The van der Waals surface area contributed by atoms with Crippen LogP contribution < -0.4 is 0 Å². The highest BCUT2D eigenvalue weighted by molar-refractivity contribution is 5.81. The van der Waals surface area contributed by atoms with E-state index >= 15 is 0 Å². The van der Waals surface area contributed by atoms with Gasteiger partial charge in [0, 0.05) is 10.9 Å². The molecule has 2 N–H and O–H groups in total. The van der Waals surface area contributed by atoms with E-state index in [1.807, 2.05) is 0 Å². The number of aromatic amines is 1. The smallest absolute Gasteiger partial charge is 0.431 e. The normalized spacial score (nSPS) is 13.7. The van der Waals surface area contributed by atoms with Crippen molar-refractivity contribution >= 4 is 16.9 Å². The Morgan fingerprint density at radius 3 is 2.63 bits per heavy atom. The molecule has 0 aliphatic rings. The number of fused-ring (bicyclic) bond motifs is 1. The lowest BCUT2D eigenvalue weighted by molar-refractivity contribution is -0.141. The maximum Gasteiger partial charge on any atom is 0.431 e. The maximum absolute atomic E-state index is 12.5. The standard InChI is InChI=1S/C13H12F3NO2/c1-7(12(18)19)4-8-2-3-10-9(5-8)6-11(17-10)13(14,15)16/h2-3,5-7,17H,4H2,1H3,(H,18,19). The molecule has 1 heterocycles. The fourth-order valence-electron chi connectivity index (χ4n) is 1.90. The predicted molar refractivity (Wildman–Crippen MR) is 63.8 cm³/mol. The van der Waals surface area contributed by atoms with Crippen molar-refractivity contribution in [3.63, 3.8) is 0 Å². The molecule has 0 bridgehead atoms. The fourth-order valence-corrected chi connectivity index (χ4v) is 1.90. The molecule has 0 amide bonds. The zero-order valence-electron chi connectivity index (χ0n) is 10.1. The van der Waals surface area contributed by atoms with E-state index in [2.05, 4.69) is 4.98 Å². The van der Waals surface area contributed by atoms with Gasteiger partial charge >= 0.3 is 12.1 Å². The number of nitrogens with one attached hydrogen (secondary N) is 1. The summed E-state index contributed by atoms with van der Waals surface area (Å²) in [5.41, 5.74) is 0.292. The van der Waals surface area contributed by atoms with Gasteiger partial charge < -0.3 is 10.1 Å². The van der Waals surface area contributed by atoms with Crippen molar-refractivity contribution in [1.29, 1.82) is 0 Å². The van der Waals surface area contributed by atoms with E-state index in [-0.39, 0.29) is 6.42 Å². The molecule has 1 unspecified atom stereocenters. The second kappa shape index (κ2) is 4.60. The van der Waals surface area contributed by atoms with Gasteiger partial charge in [-0.3, -0.25) is 4.79 Å². The maximum atomic E-state index is 12.5. The Kier molecular flexibility index (Phi) is 3.26. The molecule has 0 saturated carbocycles. The van der Waals surface area contributed by atoms with Crippen LogP contribution in [-0.2, 0) is 17.4 Å². The Morgan fingerprint density at radius 1 is 1.37 bits per heavy atom. The Morgan fingerprint density at radius 2 is 2.05 bits per heavy atom. The van der Waals surface area contributed by atoms with Crippen molar-refractivity contribution in [2.45, 2.75) is 19.5 Å². The molecular formula is C13H12F3NO2. The summed E-state index contributed by atoms with van der Waals surface area (Å²) in [4.78, 5) is 13.0. The minimum absolute atomic E-state index is 0.289. The number of benzene rings is 1. The fraction of sp³-hybridized carbons (Fsp3) is 0.308. The molecule has 1 atom stereocenters. The van der Waals surface area contributed by atoms with Crippen LogP contribution in [0.2, 0.25) is 0 Å². The monoisotopic (exact) mass is 271 g/mol. The molecule has 0 radical (unpaired) electrons. The van der Waals surface area contributed by atoms with Crippen LogP contribution in [0.1, 0.15) is 18.2 Å². The number of H-pyrrole nitrogens is 1. The van der Waals surface area contributed by atoms with Gasteiger partial charge in [0.1, 0.15) is 5.69 Å². The summed E-state index contributed by atoms with van der Waals surface area (Å²) in [7, 11) is 0. The number of halogens is 3. The van der Waals surface area contributed by atoms with E-state index in [9.17, 15) is 18.0 Å². The van der Waals surface area contributed by atoms with Gasteiger partial charge in [0.25, 0.3) is 0 Å². The number of carboxylic acids is 1. The summed E-state index contributed by atoms with van der Waals surface area (Å²) >= 11 is 0. The van der Waals surface area contributed by atoms with Gasteiger partial charge in [-0.05, 0) is 30.2 Å². The van der Waals surface area contributed by atoms with E-state index in [1.54, 1.807) is 19.1 Å². The molecule has 19 heavy (non-hydrogen) atoms. The minimum atomic E-state index is -4.41. The molecule has 0 aliphatic heterocycles. The SMILES string of the molecule is CC(Cc1ccc2[nH]c(C(F)(F)F)cc2c1)C(=O)O. The van der Waals surface area contributed by atoms with E-state index in [4.69, 9.17) is 5.11 Å². The van der Waals surface area contributed by atoms with Gasteiger partial charge in [-0.2, -0.15) is 13.2 Å². The summed E-state index contributed by atoms with van der Waals surface area (Å²) in [5.74, 6) is -1.50. The third kappa shape index (κ3) is 2.89. The van der Waals surface area contributed by atoms with E-state index in [0.717, 1.165) is 6.07 Å². The molecule has 1 aromatic carbocycles. The van der Waals surface area contributed by atoms with E-state index < -0.39 is 23.8 Å². The number of hydrogen-bond donors (Lipinski definition) is 2. The Labute approximate surface area is 107 Å². The van der Waals surface area contributed by atoms with Crippen molar-refractivity contribution < 1.29 is 23.1 Å². The van der Waals surface area contributed by atoms with Crippen LogP contribution in [0.15, 0.2) is 24.3 Å². The van der Waals surface area contributed by atoms with Crippen molar-refractivity contribution in [2.75, 3.05) is 0 Å². The molecule has 1 aromatic heterocycles. The minimum Gasteiger partial charge on any atom is -0.481 e. The van der Waals surface area contributed by atoms with E-state index in [1.165, 1.54) is 6.07 Å². The first-order valence-corrected chi connectivity index (χ1v) is 5.69. The lowest BCUT2D eigenvalue weighted by Crippen LogP contribution is -2.12. The second-order valence-electron chi connectivity index (χ2n) is 4.55. The van der Waals surface area contributed by atoms with Crippen LogP contribution in [0.4, 0.5) is 13.2 Å². The van der Waals surface area contributed by atoms with Gasteiger partial charge in [-0.15, -0.1) is 0 Å². The quantitative estimate of drug-likeness (QED) is 0.898. The summed E-state index contributed by atoms with van der Waals surface area (Å²) in [6.45, 7) is 1.56. The van der Waals surface area contributed by atoms with Gasteiger partial charge in [0.2, 0.25) is 0 Å². The third-order valence-corrected chi connectivity index (χ3v) is 2.95. The molecular weight excluding hydrogens is 259 g/mol. The lowest BCUT2D eigenvalue weighted by atomic mass is 10.0. The Balaban J connectivity index is 2.33. The lowest BCUT2D eigenvalue weighted by Gasteiger charge is -2.05. The zero-order valence-corrected chi connectivity index (χ0v) is 10.1. The van der Waals surface area contributed by atoms with Gasteiger partial charge in [-0.1, -0.05) is 13.0 Å². The first kappa shape index (κ1) is 13.5. The molecule has 0 saturated heterocycles. The Hall–Kier alpha value is -1.98. The van der Waals surface area contributed by atoms with Crippen LogP contribution in [0.5, 0.6) is 0 Å². The van der Waals surface area contributed by atoms with Crippen LogP contribution in [0.3, 0.4) is 0 Å². The molecule has 0 fully saturated rings. The molecule has 0 aliphatic carbocycles. The third-order valence-electron chi connectivity index (χ3n) is 2.95. The topological polar surface area (TPSA) is 53.1 Å². The molecule has 0 spiro atoms. The van der Waals surface area contributed by atoms with Crippen LogP contribution >= 0.6 is 0 Å². The first-order valence-electron chi connectivity index (χ1n) is 5.69. The molecule has 2 aromatic rings. The average Bonchev–Trinajstić information content (AvgIpc) is 2.71. The van der Waals surface area contributed by atoms with Gasteiger partial charge in [0.15, 0.2) is 0 Å². The average molecular weight is 271 g/mol. The van der Waals surface area contributed by atoms with Crippen molar-refractivity contribution in [3.05, 3.63) is 35.5 Å². The zero-order chi connectivity index (χ0) is 14.2. The number of hydrogen-bond acceptors (Lipinski definition) is 1. The highest BCUT2D eigenvalue weighted by Gasteiger charge is 2.32. The number of aliphatic carboxylic acids is 1.